The predicted molar refractivity (Wildman–Crippen MR) is 221 cm³/mol. The molecule has 0 spiro atoms. The van der Waals surface area contributed by atoms with Crippen LogP contribution in [0.2, 0.25) is 0 Å². The Bertz CT molecular complexity index is 720. The Morgan fingerprint density at radius 1 is 0.460 bits per heavy atom. The maximum absolute atomic E-state index is 12.4. The minimum atomic E-state index is -0.837. The van der Waals surface area contributed by atoms with Crippen LogP contribution in [0, 0.1) is 0 Å². The Balaban J connectivity index is 3.55. The number of rotatable bonds is 41. The monoisotopic (exact) mass is 704 g/mol. The van der Waals surface area contributed by atoms with Crippen LogP contribution in [0.15, 0.2) is 24.3 Å². The molecule has 4 heteroatoms. The summed E-state index contributed by atoms with van der Waals surface area (Å²) in [5, 5.41) is 23.0. The van der Waals surface area contributed by atoms with E-state index in [9.17, 15) is 15.0 Å². The van der Waals surface area contributed by atoms with E-state index in [-0.39, 0.29) is 12.5 Å². The molecule has 0 aliphatic rings. The van der Waals surface area contributed by atoms with Gasteiger partial charge >= 0.3 is 0 Å². The fourth-order valence-corrected chi connectivity index (χ4v) is 6.94. The molecule has 0 aliphatic carbocycles. The van der Waals surface area contributed by atoms with E-state index in [1.54, 1.807) is 6.08 Å². The number of hydrogen-bond donors (Lipinski definition) is 3. The van der Waals surface area contributed by atoms with Gasteiger partial charge in [-0.15, -0.1) is 0 Å². The van der Waals surface area contributed by atoms with Crippen molar-refractivity contribution in [2.24, 2.45) is 0 Å². The van der Waals surface area contributed by atoms with Crippen molar-refractivity contribution in [2.45, 2.75) is 257 Å². The zero-order valence-corrected chi connectivity index (χ0v) is 33.9. The average molecular weight is 704 g/mol. The first kappa shape index (κ1) is 48.9. The molecule has 50 heavy (non-hydrogen) atoms. The number of unbranched alkanes of at least 4 members (excludes halogenated alkanes) is 32. The van der Waals surface area contributed by atoms with Gasteiger partial charge in [-0.3, -0.25) is 4.79 Å². The highest BCUT2D eigenvalue weighted by molar-refractivity contribution is 5.76. The van der Waals surface area contributed by atoms with Gasteiger partial charge in [0, 0.05) is 6.42 Å². The van der Waals surface area contributed by atoms with E-state index in [4.69, 9.17) is 0 Å². The first-order valence-corrected chi connectivity index (χ1v) is 22.6. The molecule has 3 N–H and O–H groups in total. The molecule has 0 rings (SSSR count). The third-order valence-corrected chi connectivity index (χ3v) is 10.4. The molecule has 4 nitrogen and oxygen atoms in total. The molecule has 0 fully saturated rings. The van der Waals surface area contributed by atoms with Crippen molar-refractivity contribution in [3.05, 3.63) is 24.3 Å². The van der Waals surface area contributed by atoms with E-state index >= 15 is 0 Å². The first-order chi connectivity index (χ1) is 24.7. The van der Waals surface area contributed by atoms with E-state index in [1.807, 2.05) is 6.08 Å². The Morgan fingerprint density at radius 3 is 1.10 bits per heavy atom. The molecule has 0 bridgehead atoms. The van der Waals surface area contributed by atoms with E-state index in [1.165, 1.54) is 199 Å². The summed E-state index contributed by atoms with van der Waals surface area (Å²) in [7, 11) is 0. The number of amides is 1. The van der Waals surface area contributed by atoms with Gasteiger partial charge in [0.05, 0.1) is 18.8 Å². The first-order valence-electron chi connectivity index (χ1n) is 22.6. The van der Waals surface area contributed by atoms with Crippen LogP contribution in [-0.2, 0) is 4.79 Å². The van der Waals surface area contributed by atoms with Crippen LogP contribution >= 0.6 is 0 Å². The highest BCUT2D eigenvalue weighted by atomic mass is 16.3. The van der Waals surface area contributed by atoms with Gasteiger partial charge in [0.15, 0.2) is 0 Å². The molecule has 0 saturated carbocycles. The SMILES string of the molecule is CCCCCCCC/C=C\CCCCCCCCCCCC(=O)NC(CO)C(O)/C=C/CCCCCCCCCCCCCCCCCCC. The fraction of sp³-hybridized carbons (Fsp3) is 0.891. The van der Waals surface area contributed by atoms with Crippen LogP contribution in [0.5, 0.6) is 0 Å². The van der Waals surface area contributed by atoms with Gasteiger partial charge < -0.3 is 15.5 Å². The van der Waals surface area contributed by atoms with E-state index in [2.05, 4.69) is 31.3 Å². The molecule has 0 radical (unpaired) electrons. The molecule has 0 aliphatic heterocycles. The van der Waals surface area contributed by atoms with Crippen molar-refractivity contribution < 1.29 is 15.0 Å². The Labute approximate surface area is 313 Å². The molecule has 2 unspecified atom stereocenters. The summed E-state index contributed by atoms with van der Waals surface area (Å²) in [4.78, 5) is 12.4. The molecule has 2 atom stereocenters. The van der Waals surface area contributed by atoms with Crippen LogP contribution < -0.4 is 5.32 Å². The molecule has 1 amide bonds. The summed E-state index contributed by atoms with van der Waals surface area (Å²) >= 11 is 0. The molecule has 0 heterocycles. The quantitative estimate of drug-likeness (QED) is 0.0438. The zero-order chi connectivity index (χ0) is 36.4. The smallest absolute Gasteiger partial charge is 0.220 e. The number of carbonyl (C=O) groups excluding carboxylic acids is 1. The standard InChI is InChI=1S/C46H89NO3/c1-3-5-7-9-11-13-15-17-19-21-23-25-27-29-31-33-35-37-39-41-45(49)44(43-48)47-46(50)42-40-38-36-34-32-30-28-26-24-22-20-18-16-14-12-10-8-6-4-2/h18,20,39,41,44-45,48-49H,3-17,19,21-38,40,42-43H2,1-2H3,(H,47,50)/b20-18-,41-39+. The number of allylic oxidation sites excluding steroid dienone is 3. The number of aliphatic hydroxyl groups is 2. The van der Waals surface area contributed by atoms with Gasteiger partial charge in [0.2, 0.25) is 5.91 Å². The molecule has 0 aromatic rings. The van der Waals surface area contributed by atoms with Crippen molar-refractivity contribution in [1.82, 2.24) is 5.32 Å². The largest absolute Gasteiger partial charge is 0.394 e. The van der Waals surface area contributed by atoms with Gasteiger partial charge in [-0.05, 0) is 44.9 Å². The van der Waals surface area contributed by atoms with Crippen molar-refractivity contribution in [3.8, 4) is 0 Å². The number of nitrogens with one attached hydrogen (secondary N) is 1. The van der Waals surface area contributed by atoms with Crippen LogP contribution in [0.1, 0.15) is 245 Å². The second-order valence-corrected chi connectivity index (χ2v) is 15.5. The predicted octanol–water partition coefficient (Wildman–Crippen LogP) is 14.0. The summed E-state index contributed by atoms with van der Waals surface area (Å²) in [5.74, 6) is -0.0642. The van der Waals surface area contributed by atoms with Gasteiger partial charge in [0.25, 0.3) is 0 Å². The van der Waals surface area contributed by atoms with Gasteiger partial charge in [-0.1, -0.05) is 218 Å². The van der Waals surface area contributed by atoms with Crippen LogP contribution in [0.4, 0.5) is 0 Å². The second kappa shape index (κ2) is 42.3. The van der Waals surface area contributed by atoms with E-state index in [0.717, 1.165) is 25.7 Å². The normalized spacial score (nSPS) is 13.1. The molecule has 0 aromatic carbocycles. The summed E-state index contributed by atoms with van der Waals surface area (Å²) < 4.78 is 0. The van der Waals surface area contributed by atoms with Gasteiger partial charge in [-0.2, -0.15) is 0 Å². The van der Waals surface area contributed by atoms with Crippen molar-refractivity contribution in [1.29, 1.82) is 0 Å². The highest BCUT2D eigenvalue weighted by Gasteiger charge is 2.17. The molecule has 0 saturated heterocycles. The molecule has 0 aromatic heterocycles. The van der Waals surface area contributed by atoms with Gasteiger partial charge in [0.1, 0.15) is 0 Å². The maximum atomic E-state index is 12.4. The summed E-state index contributed by atoms with van der Waals surface area (Å²) in [6.45, 7) is 4.32. The summed E-state index contributed by atoms with van der Waals surface area (Å²) in [5.41, 5.74) is 0. The lowest BCUT2D eigenvalue weighted by Crippen LogP contribution is -2.45. The van der Waals surface area contributed by atoms with Crippen LogP contribution in [-0.4, -0.2) is 34.9 Å². The number of carbonyl (C=O) groups is 1. The number of hydrogen-bond acceptors (Lipinski definition) is 3. The number of aliphatic hydroxyl groups excluding tert-OH is 2. The zero-order valence-electron chi connectivity index (χ0n) is 33.9. The lowest BCUT2D eigenvalue weighted by molar-refractivity contribution is -0.123. The third kappa shape index (κ3) is 38.1. The maximum Gasteiger partial charge on any atom is 0.220 e. The van der Waals surface area contributed by atoms with E-state index < -0.39 is 12.1 Å². The minimum absolute atomic E-state index is 0.0642. The van der Waals surface area contributed by atoms with Crippen LogP contribution in [0.25, 0.3) is 0 Å². The lowest BCUT2D eigenvalue weighted by atomic mass is 10.0. The Hall–Kier alpha value is -1.13. The van der Waals surface area contributed by atoms with E-state index in [0.29, 0.717) is 6.42 Å². The Kier molecular flexibility index (Phi) is 41.3. The minimum Gasteiger partial charge on any atom is -0.394 e. The second-order valence-electron chi connectivity index (χ2n) is 15.5. The molecular weight excluding hydrogens is 615 g/mol. The summed E-state index contributed by atoms with van der Waals surface area (Å²) in [6, 6.07) is -0.620. The third-order valence-electron chi connectivity index (χ3n) is 10.4. The van der Waals surface area contributed by atoms with Crippen molar-refractivity contribution in [3.63, 3.8) is 0 Å². The van der Waals surface area contributed by atoms with Gasteiger partial charge in [-0.25, -0.2) is 0 Å². The highest BCUT2D eigenvalue weighted by Crippen LogP contribution is 2.15. The van der Waals surface area contributed by atoms with Crippen molar-refractivity contribution in [2.75, 3.05) is 6.61 Å². The molecule has 296 valence electrons. The lowest BCUT2D eigenvalue weighted by Gasteiger charge is -2.20. The molecular formula is C46H89NO3. The average Bonchev–Trinajstić information content (AvgIpc) is 3.12. The Morgan fingerprint density at radius 2 is 0.760 bits per heavy atom. The summed E-state index contributed by atoms with van der Waals surface area (Å²) in [6.07, 6.45) is 54.3. The fourth-order valence-electron chi connectivity index (χ4n) is 6.94. The topological polar surface area (TPSA) is 69.6 Å². The van der Waals surface area contributed by atoms with Crippen molar-refractivity contribution >= 4 is 5.91 Å². The van der Waals surface area contributed by atoms with Crippen LogP contribution in [0.3, 0.4) is 0 Å².